The van der Waals surface area contributed by atoms with Crippen LogP contribution < -0.4 is 14.4 Å². The topological polar surface area (TPSA) is 84.9 Å². The van der Waals surface area contributed by atoms with E-state index in [1.54, 1.807) is 24.3 Å². The maximum atomic E-state index is 14.2. The third-order valence-electron chi connectivity index (χ3n) is 4.91. The van der Waals surface area contributed by atoms with Gasteiger partial charge in [0.2, 0.25) is 0 Å². The summed E-state index contributed by atoms with van der Waals surface area (Å²) >= 11 is 0. The maximum Gasteiger partial charge on any atom is 0.264 e. The molecule has 0 atom stereocenters. The Morgan fingerprint density at radius 2 is 1.67 bits per heavy atom. The van der Waals surface area contributed by atoms with E-state index in [9.17, 15) is 17.6 Å². The molecular formula is C24H25FN2O5S. The number of nitrogens with zero attached hydrogens (tertiary/aromatic N) is 1. The van der Waals surface area contributed by atoms with Gasteiger partial charge in [-0.25, -0.2) is 12.8 Å². The van der Waals surface area contributed by atoms with E-state index in [0.29, 0.717) is 17.9 Å². The summed E-state index contributed by atoms with van der Waals surface area (Å²) in [6, 6.07) is 16.8. The van der Waals surface area contributed by atoms with E-state index in [1.807, 2.05) is 6.92 Å². The largest absolute Gasteiger partial charge is 0.488 e. The first-order chi connectivity index (χ1) is 15.7. The minimum absolute atomic E-state index is 0.0622. The van der Waals surface area contributed by atoms with E-state index in [-0.39, 0.29) is 22.9 Å². The quantitative estimate of drug-likeness (QED) is 0.471. The number of rotatable bonds is 9. The second-order valence-electron chi connectivity index (χ2n) is 7.27. The summed E-state index contributed by atoms with van der Waals surface area (Å²) in [7, 11) is -0.769. The molecule has 0 radical (unpaired) electrons. The Balaban J connectivity index is 1.69. The molecule has 0 unspecified atom stereocenters. The van der Waals surface area contributed by atoms with E-state index in [1.165, 1.54) is 50.6 Å². The fourth-order valence-corrected chi connectivity index (χ4v) is 4.16. The summed E-state index contributed by atoms with van der Waals surface area (Å²) in [5.41, 5.74) is 1.91. The number of carbonyl (C=O) groups excluding carboxylic acids is 1. The standard InChI is InChI=1S/C24H25FN2O5S/c1-17-4-11-21(12-5-17)33(29,30)27(2)20-9-6-18(7-10-20)24(28)26-19-8-13-23(22(25)16-19)32-15-14-31-3/h4-13,16H,14-15H2,1-3H3,(H,26,28). The summed E-state index contributed by atoms with van der Waals surface area (Å²) in [5.74, 6) is -1.01. The molecule has 174 valence electrons. The van der Waals surface area contributed by atoms with Crippen LogP contribution in [0.2, 0.25) is 0 Å². The second kappa shape index (κ2) is 10.5. The van der Waals surface area contributed by atoms with Crippen molar-refractivity contribution in [3.8, 4) is 5.75 Å². The normalized spacial score (nSPS) is 11.2. The van der Waals surface area contributed by atoms with Crippen LogP contribution in [0.3, 0.4) is 0 Å². The van der Waals surface area contributed by atoms with Gasteiger partial charge in [-0.05, 0) is 55.5 Å². The maximum absolute atomic E-state index is 14.2. The molecule has 3 aromatic rings. The van der Waals surface area contributed by atoms with Crippen LogP contribution in [0.4, 0.5) is 15.8 Å². The number of benzene rings is 3. The summed E-state index contributed by atoms with van der Waals surface area (Å²) in [5, 5.41) is 2.61. The number of amides is 1. The number of ether oxygens (including phenoxy) is 2. The predicted molar refractivity (Wildman–Crippen MR) is 125 cm³/mol. The van der Waals surface area contributed by atoms with Crippen molar-refractivity contribution < 1.29 is 27.1 Å². The number of carbonyl (C=O) groups is 1. The minimum atomic E-state index is -3.74. The highest BCUT2D eigenvalue weighted by atomic mass is 32.2. The Hall–Kier alpha value is -3.43. The van der Waals surface area contributed by atoms with Crippen LogP contribution in [0.1, 0.15) is 15.9 Å². The van der Waals surface area contributed by atoms with Crippen LogP contribution >= 0.6 is 0 Å². The molecule has 0 bridgehead atoms. The van der Waals surface area contributed by atoms with E-state index in [0.717, 1.165) is 15.9 Å². The number of methoxy groups -OCH3 is 1. The van der Waals surface area contributed by atoms with Gasteiger partial charge in [0.15, 0.2) is 11.6 Å². The van der Waals surface area contributed by atoms with Crippen molar-refractivity contribution in [1.82, 2.24) is 0 Å². The van der Waals surface area contributed by atoms with Gasteiger partial charge in [-0.3, -0.25) is 9.10 Å². The third-order valence-corrected chi connectivity index (χ3v) is 6.71. The van der Waals surface area contributed by atoms with Crippen LogP contribution in [0.25, 0.3) is 0 Å². The van der Waals surface area contributed by atoms with Crippen LogP contribution in [0.5, 0.6) is 5.75 Å². The van der Waals surface area contributed by atoms with E-state index < -0.39 is 21.7 Å². The molecule has 7 nitrogen and oxygen atoms in total. The first kappa shape index (κ1) is 24.2. The number of nitrogens with one attached hydrogen (secondary N) is 1. The van der Waals surface area contributed by atoms with Crippen molar-refractivity contribution in [3.63, 3.8) is 0 Å². The first-order valence-electron chi connectivity index (χ1n) is 10.1. The molecule has 3 rings (SSSR count). The van der Waals surface area contributed by atoms with Gasteiger partial charge in [-0.1, -0.05) is 17.7 Å². The predicted octanol–water partition coefficient (Wildman–Crippen LogP) is 4.24. The molecule has 9 heteroatoms. The fraction of sp³-hybridized carbons (Fsp3) is 0.208. The lowest BCUT2D eigenvalue weighted by Gasteiger charge is -2.20. The van der Waals surface area contributed by atoms with Crippen molar-refractivity contribution in [2.45, 2.75) is 11.8 Å². The van der Waals surface area contributed by atoms with Crippen molar-refractivity contribution in [2.24, 2.45) is 0 Å². The molecule has 0 aliphatic heterocycles. The molecule has 0 saturated carbocycles. The number of aryl methyl sites for hydroxylation is 1. The highest BCUT2D eigenvalue weighted by Gasteiger charge is 2.21. The molecule has 0 heterocycles. The number of anilines is 2. The van der Waals surface area contributed by atoms with Gasteiger partial charge in [-0.2, -0.15) is 0 Å². The van der Waals surface area contributed by atoms with Gasteiger partial charge in [0.25, 0.3) is 15.9 Å². The minimum Gasteiger partial charge on any atom is -0.488 e. The van der Waals surface area contributed by atoms with Gasteiger partial charge in [0.05, 0.1) is 17.2 Å². The number of hydrogen-bond donors (Lipinski definition) is 1. The van der Waals surface area contributed by atoms with Gasteiger partial charge >= 0.3 is 0 Å². The molecule has 0 aliphatic rings. The summed E-state index contributed by atoms with van der Waals surface area (Å²) in [4.78, 5) is 12.7. The monoisotopic (exact) mass is 472 g/mol. The van der Waals surface area contributed by atoms with Crippen LogP contribution in [0, 0.1) is 12.7 Å². The number of sulfonamides is 1. The lowest BCUT2D eigenvalue weighted by Crippen LogP contribution is -2.26. The van der Waals surface area contributed by atoms with E-state index in [4.69, 9.17) is 9.47 Å². The van der Waals surface area contributed by atoms with Gasteiger partial charge < -0.3 is 14.8 Å². The van der Waals surface area contributed by atoms with Crippen molar-refractivity contribution in [1.29, 1.82) is 0 Å². The zero-order valence-electron chi connectivity index (χ0n) is 18.5. The summed E-state index contributed by atoms with van der Waals surface area (Å²) in [6.07, 6.45) is 0. The van der Waals surface area contributed by atoms with Gasteiger partial charge in [-0.15, -0.1) is 0 Å². The van der Waals surface area contributed by atoms with Crippen molar-refractivity contribution in [2.75, 3.05) is 37.0 Å². The number of hydrogen-bond acceptors (Lipinski definition) is 5. The summed E-state index contributed by atoms with van der Waals surface area (Å²) in [6.45, 7) is 2.42. The Bertz CT molecular complexity index is 1210. The molecule has 0 aliphatic carbocycles. The molecule has 0 spiro atoms. The summed E-state index contributed by atoms with van der Waals surface area (Å²) < 4.78 is 51.1. The zero-order chi connectivity index (χ0) is 24.0. The fourth-order valence-electron chi connectivity index (χ4n) is 2.96. The SMILES string of the molecule is COCCOc1ccc(NC(=O)c2ccc(N(C)S(=O)(=O)c3ccc(C)cc3)cc2)cc1F. The highest BCUT2D eigenvalue weighted by Crippen LogP contribution is 2.24. The average molecular weight is 473 g/mol. The third kappa shape index (κ3) is 5.88. The van der Waals surface area contributed by atoms with Crippen molar-refractivity contribution in [3.05, 3.63) is 83.7 Å². The van der Waals surface area contributed by atoms with Crippen molar-refractivity contribution >= 4 is 27.3 Å². The zero-order valence-corrected chi connectivity index (χ0v) is 19.4. The lowest BCUT2D eigenvalue weighted by molar-refractivity contribution is 0.102. The molecular weight excluding hydrogens is 447 g/mol. The van der Waals surface area contributed by atoms with Crippen LogP contribution in [0.15, 0.2) is 71.6 Å². The average Bonchev–Trinajstić information content (AvgIpc) is 2.80. The molecule has 1 N–H and O–H groups in total. The molecule has 0 fully saturated rings. The molecule has 0 aromatic heterocycles. The van der Waals surface area contributed by atoms with E-state index in [2.05, 4.69) is 5.32 Å². The van der Waals surface area contributed by atoms with Crippen LogP contribution in [-0.4, -0.2) is 41.7 Å². The van der Waals surface area contributed by atoms with E-state index >= 15 is 0 Å². The van der Waals surface area contributed by atoms with Gasteiger partial charge in [0, 0.05) is 31.5 Å². The Labute approximate surface area is 192 Å². The molecule has 0 saturated heterocycles. The smallest absolute Gasteiger partial charge is 0.264 e. The number of halogens is 1. The molecule has 1 amide bonds. The molecule has 33 heavy (non-hydrogen) atoms. The second-order valence-corrected chi connectivity index (χ2v) is 9.24. The Morgan fingerprint density at radius 3 is 2.27 bits per heavy atom. The Kier molecular flexibility index (Phi) is 7.67. The molecule has 3 aromatic carbocycles. The van der Waals surface area contributed by atoms with Gasteiger partial charge in [0.1, 0.15) is 6.61 Å². The van der Waals surface area contributed by atoms with Crippen LogP contribution in [-0.2, 0) is 14.8 Å². The first-order valence-corrected chi connectivity index (χ1v) is 11.5. The Morgan fingerprint density at radius 1 is 1.00 bits per heavy atom. The lowest BCUT2D eigenvalue weighted by atomic mass is 10.2. The highest BCUT2D eigenvalue weighted by molar-refractivity contribution is 7.92.